The topological polar surface area (TPSA) is 97.0 Å². The van der Waals surface area contributed by atoms with E-state index in [4.69, 9.17) is 9.47 Å². The number of hydrogen-bond donors (Lipinski definition) is 2. The summed E-state index contributed by atoms with van der Waals surface area (Å²) in [6.07, 6.45) is 2.29. The normalized spacial score (nSPS) is 21.6. The van der Waals surface area contributed by atoms with Crippen molar-refractivity contribution in [3.63, 3.8) is 0 Å². The summed E-state index contributed by atoms with van der Waals surface area (Å²) in [7, 11) is 1.77. The number of hydrogen-bond acceptors (Lipinski definition) is 5. The second-order valence-electron chi connectivity index (χ2n) is 9.07. The maximum absolute atomic E-state index is 13.3. The largest absolute Gasteiger partial charge is 0.490 e. The van der Waals surface area contributed by atoms with Crippen LogP contribution in [0.5, 0.6) is 5.75 Å². The highest BCUT2D eigenvalue weighted by Crippen LogP contribution is 2.32. The predicted octanol–water partition coefficient (Wildman–Crippen LogP) is 3.16. The monoisotopic (exact) mass is 479 g/mol. The summed E-state index contributed by atoms with van der Waals surface area (Å²) in [5.41, 5.74) is 2.17. The Morgan fingerprint density at radius 3 is 2.66 bits per heavy atom. The first-order valence-corrected chi connectivity index (χ1v) is 12.2. The van der Waals surface area contributed by atoms with Crippen LogP contribution in [0.15, 0.2) is 48.5 Å². The smallest absolute Gasteiger partial charge is 0.257 e. The molecule has 4 rings (SSSR count). The molecule has 2 aliphatic rings. The number of carbonyl (C=O) groups excluding carboxylic acids is 3. The summed E-state index contributed by atoms with van der Waals surface area (Å²) in [5, 5.41) is 5.77. The number of likely N-dealkylation sites (N-methyl/N-ethyl adjacent to an activating group) is 1. The molecule has 0 saturated carbocycles. The zero-order valence-electron chi connectivity index (χ0n) is 20.3. The summed E-state index contributed by atoms with van der Waals surface area (Å²) in [5.74, 6) is 0.128. The zero-order chi connectivity index (χ0) is 24.8. The molecule has 186 valence electrons. The van der Waals surface area contributed by atoms with E-state index < -0.39 is 0 Å². The average molecular weight is 480 g/mol. The summed E-state index contributed by atoms with van der Waals surface area (Å²) < 4.78 is 12.2. The highest BCUT2D eigenvalue weighted by Gasteiger charge is 2.39. The van der Waals surface area contributed by atoms with Crippen molar-refractivity contribution in [1.29, 1.82) is 0 Å². The number of nitrogens with zero attached hydrogens (tertiary/aromatic N) is 1. The fraction of sp³-hybridized carbons (Fsp3) is 0.444. The van der Waals surface area contributed by atoms with Crippen LogP contribution in [0.4, 0.5) is 5.69 Å². The Balaban J connectivity index is 1.35. The van der Waals surface area contributed by atoms with Gasteiger partial charge in [-0.05, 0) is 43.0 Å². The Morgan fingerprint density at radius 2 is 1.89 bits per heavy atom. The fourth-order valence-corrected chi connectivity index (χ4v) is 4.62. The third-order valence-electron chi connectivity index (χ3n) is 6.61. The van der Waals surface area contributed by atoms with Gasteiger partial charge in [-0.3, -0.25) is 14.4 Å². The van der Waals surface area contributed by atoms with E-state index in [1.807, 2.05) is 30.3 Å². The first-order valence-electron chi connectivity index (χ1n) is 12.2. The summed E-state index contributed by atoms with van der Waals surface area (Å²) in [6.45, 7) is 2.64. The first-order chi connectivity index (χ1) is 16.9. The van der Waals surface area contributed by atoms with Gasteiger partial charge in [0.2, 0.25) is 11.8 Å². The van der Waals surface area contributed by atoms with Crippen LogP contribution in [-0.4, -0.2) is 61.1 Å². The van der Waals surface area contributed by atoms with Gasteiger partial charge < -0.3 is 25.0 Å². The van der Waals surface area contributed by atoms with Gasteiger partial charge in [0.25, 0.3) is 5.91 Å². The van der Waals surface area contributed by atoms with Crippen molar-refractivity contribution in [2.24, 2.45) is 0 Å². The van der Waals surface area contributed by atoms with Crippen LogP contribution in [0.1, 0.15) is 48.5 Å². The second-order valence-corrected chi connectivity index (χ2v) is 9.07. The number of rotatable bonds is 7. The molecule has 1 saturated heterocycles. The van der Waals surface area contributed by atoms with E-state index in [1.165, 1.54) is 5.56 Å². The van der Waals surface area contributed by atoms with Crippen molar-refractivity contribution in [1.82, 2.24) is 10.2 Å². The third-order valence-corrected chi connectivity index (χ3v) is 6.61. The van der Waals surface area contributed by atoms with Crippen LogP contribution in [0.3, 0.4) is 0 Å². The molecule has 35 heavy (non-hydrogen) atoms. The molecule has 2 aromatic carbocycles. The van der Waals surface area contributed by atoms with E-state index in [0.717, 1.165) is 12.8 Å². The lowest BCUT2D eigenvalue weighted by Gasteiger charge is -2.42. The lowest BCUT2D eigenvalue weighted by molar-refractivity contribution is -0.134. The molecule has 2 aromatic rings. The van der Waals surface area contributed by atoms with Crippen LogP contribution < -0.4 is 15.4 Å². The second kappa shape index (κ2) is 11.4. The van der Waals surface area contributed by atoms with E-state index in [9.17, 15) is 14.4 Å². The van der Waals surface area contributed by atoms with Crippen LogP contribution in [0, 0.1) is 0 Å². The Labute approximate surface area is 206 Å². The minimum Gasteiger partial charge on any atom is -0.490 e. The van der Waals surface area contributed by atoms with Gasteiger partial charge in [-0.2, -0.15) is 0 Å². The number of carbonyl (C=O) groups is 3. The number of benzene rings is 2. The number of nitrogens with one attached hydrogen (secondary N) is 2. The van der Waals surface area contributed by atoms with Gasteiger partial charge >= 0.3 is 0 Å². The van der Waals surface area contributed by atoms with Gasteiger partial charge in [-0.15, -0.1) is 0 Å². The average Bonchev–Trinajstić information content (AvgIpc) is 2.87. The third kappa shape index (κ3) is 6.19. The number of fused-ring (bicyclic) bond motifs is 2. The molecule has 3 amide bonds. The van der Waals surface area contributed by atoms with Crippen molar-refractivity contribution in [3.8, 4) is 5.75 Å². The Bertz CT molecular complexity index is 1060. The van der Waals surface area contributed by atoms with E-state index in [2.05, 4.69) is 10.6 Å². The van der Waals surface area contributed by atoms with Crippen molar-refractivity contribution < 1.29 is 23.9 Å². The van der Waals surface area contributed by atoms with E-state index >= 15 is 0 Å². The van der Waals surface area contributed by atoms with Crippen molar-refractivity contribution >= 4 is 23.4 Å². The van der Waals surface area contributed by atoms with E-state index in [1.54, 1.807) is 37.1 Å². The molecule has 2 heterocycles. The number of amides is 3. The van der Waals surface area contributed by atoms with E-state index in [0.29, 0.717) is 36.4 Å². The first kappa shape index (κ1) is 24.7. The molecule has 0 aromatic heterocycles. The summed E-state index contributed by atoms with van der Waals surface area (Å²) in [4.78, 5) is 39.2. The van der Waals surface area contributed by atoms with Gasteiger partial charge in [0.15, 0.2) is 0 Å². The molecular weight excluding hydrogens is 446 g/mol. The van der Waals surface area contributed by atoms with Gasteiger partial charge in [0.1, 0.15) is 18.5 Å². The molecule has 0 spiro atoms. The van der Waals surface area contributed by atoms with Crippen molar-refractivity contribution in [2.45, 2.75) is 57.3 Å². The lowest BCUT2D eigenvalue weighted by atomic mass is 9.94. The highest BCUT2D eigenvalue weighted by molar-refractivity contribution is 5.99. The quantitative estimate of drug-likeness (QED) is 0.636. The van der Waals surface area contributed by atoms with Crippen molar-refractivity contribution in [3.05, 3.63) is 59.7 Å². The minimum absolute atomic E-state index is 0.0347. The zero-order valence-corrected chi connectivity index (χ0v) is 20.3. The van der Waals surface area contributed by atoms with Crippen molar-refractivity contribution in [2.75, 3.05) is 25.5 Å². The van der Waals surface area contributed by atoms with Crippen LogP contribution >= 0.6 is 0 Å². The van der Waals surface area contributed by atoms with Crippen LogP contribution in [0.2, 0.25) is 0 Å². The van der Waals surface area contributed by atoms with Crippen LogP contribution in [-0.2, 0) is 20.7 Å². The molecule has 0 bridgehead atoms. The molecule has 8 heteroatoms. The number of ether oxygens (including phenoxy) is 2. The maximum Gasteiger partial charge on any atom is 0.257 e. The molecule has 2 aliphatic heterocycles. The molecule has 8 nitrogen and oxygen atoms in total. The standard InChI is InChI=1S/C27H33N3O5/c1-3-25(31)29-19-9-12-23-21(15-19)27(33)30(2)22-11-10-20(35-24(22)17-34-23)16-26(32)28-14-13-18-7-5-4-6-8-18/h4-9,12,15,20,22,24H,3,10-11,13-14,16-17H2,1-2H3,(H,28,32)(H,29,31)/t20-,22+,24-/m1/s1. The molecule has 3 atom stereocenters. The molecule has 0 unspecified atom stereocenters. The van der Waals surface area contributed by atoms with Gasteiger partial charge in [-0.1, -0.05) is 37.3 Å². The van der Waals surface area contributed by atoms with E-state index in [-0.39, 0.29) is 49.0 Å². The van der Waals surface area contributed by atoms with Crippen LogP contribution in [0.25, 0.3) is 0 Å². The van der Waals surface area contributed by atoms with Gasteiger partial charge in [0, 0.05) is 25.7 Å². The Hall–Kier alpha value is -3.39. The van der Waals surface area contributed by atoms with Gasteiger partial charge in [-0.25, -0.2) is 0 Å². The summed E-state index contributed by atoms with van der Waals surface area (Å²) >= 11 is 0. The fourth-order valence-electron chi connectivity index (χ4n) is 4.62. The molecule has 0 aliphatic carbocycles. The SMILES string of the molecule is CCC(=O)Nc1ccc2c(c1)C(=O)N(C)[C@H]1CC[C@H](CC(=O)NCCc3ccccc3)O[C@@H]1CO2. The predicted molar refractivity (Wildman–Crippen MR) is 132 cm³/mol. The lowest BCUT2D eigenvalue weighted by Crippen LogP contribution is -2.54. The maximum atomic E-state index is 13.3. The number of anilines is 1. The van der Waals surface area contributed by atoms with Gasteiger partial charge in [0.05, 0.1) is 24.1 Å². The molecule has 1 fully saturated rings. The molecular formula is C27H33N3O5. The molecule has 2 N–H and O–H groups in total. The molecule has 0 radical (unpaired) electrons. The Kier molecular flexibility index (Phi) is 8.02. The minimum atomic E-state index is -0.326. The summed E-state index contributed by atoms with van der Waals surface area (Å²) in [6, 6.07) is 15.0. The highest BCUT2D eigenvalue weighted by atomic mass is 16.5. The Morgan fingerprint density at radius 1 is 1.09 bits per heavy atom.